The second-order valence-electron chi connectivity index (χ2n) is 6.94. The molecule has 1 amide bonds. The maximum atomic E-state index is 12.3. The molecule has 2 fully saturated rings. The predicted octanol–water partition coefficient (Wildman–Crippen LogP) is 2.17. The summed E-state index contributed by atoms with van der Waals surface area (Å²) in [5, 5.41) is 3.06. The van der Waals surface area contributed by atoms with Gasteiger partial charge in [0.05, 0.1) is 13.2 Å². The number of hydrogen-bond acceptors (Lipinski definition) is 4. The van der Waals surface area contributed by atoms with Crippen LogP contribution in [0.5, 0.6) is 5.75 Å². The van der Waals surface area contributed by atoms with Crippen LogP contribution in [0.25, 0.3) is 0 Å². The largest absolute Gasteiger partial charge is 0.493 e. The lowest BCUT2D eigenvalue weighted by Gasteiger charge is -2.15. The zero-order valence-corrected chi connectivity index (χ0v) is 14.5. The van der Waals surface area contributed by atoms with Crippen LogP contribution in [0, 0.1) is 11.8 Å². The Bertz CT molecular complexity index is 528. The molecule has 0 bridgehead atoms. The number of carbonyl (C=O) groups excluding carboxylic acids is 1. The lowest BCUT2D eigenvalue weighted by atomic mass is 10.1. The van der Waals surface area contributed by atoms with Crippen molar-refractivity contribution >= 4 is 5.91 Å². The van der Waals surface area contributed by atoms with Crippen molar-refractivity contribution in [3.05, 3.63) is 29.8 Å². The number of ether oxygens (including phenoxy) is 2. The maximum absolute atomic E-state index is 12.3. The first-order valence-corrected chi connectivity index (χ1v) is 8.97. The molecule has 1 atom stereocenters. The topological polar surface area (TPSA) is 50.8 Å². The van der Waals surface area contributed by atoms with E-state index in [4.69, 9.17) is 9.47 Å². The molecule has 132 valence electrons. The summed E-state index contributed by atoms with van der Waals surface area (Å²) in [4.78, 5) is 14.7. The third-order valence-corrected chi connectivity index (χ3v) is 4.83. The van der Waals surface area contributed by atoms with Crippen LogP contribution in [-0.4, -0.2) is 57.3 Å². The van der Waals surface area contributed by atoms with E-state index >= 15 is 0 Å². The van der Waals surface area contributed by atoms with Crippen LogP contribution in [0.2, 0.25) is 0 Å². The minimum Gasteiger partial charge on any atom is -0.493 e. The number of nitrogens with zero attached hydrogens (tertiary/aromatic N) is 1. The van der Waals surface area contributed by atoms with E-state index in [-0.39, 0.29) is 5.91 Å². The predicted molar refractivity (Wildman–Crippen MR) is 93.4 cm³/mol. The molecule has 0 aromatic heterocycles. The van der Waals surface area contributed by atoms with Crippen LogP contribution in [0.4, 0.5) is 0 Å². The molecular formula is C19H28N2O3. The van der Waals surface area contributed by atoms with Crippen molar-refractivity contribution in [1.29, 1.82) is 0 Å². The minimum absolute atomic E-state index is 0.000848. The molecule has 1 N–H and O–H groups in total. The number of hydrogen-bond donors (Lipinski definition) is 1. The molecule has 1 aromatic rings. The van der Waals surface area contributed by atoms with E-state index in [9.17, 15) is 4.79 Å². The van der Waals surface area contributed by atoms with Gasteiger partial charge >= 0.3 is 0 Å². The third-order valence-electron chi connectivity index (χ3n) is 4.83. The highest BCUT2D eigenvalue weighted by Crippen LogP contribution is 2.29. The molecule has 0 radical (unpaired) electrons. The minimum atomic E-state index is -0.000848. The SMILES string of the molecule is COCCN1CCC(CNC(=O)c2ccc(OCC3CC3)cc2)C1. The van der Waals surface area contributed by atoms with Gasteiger partial charge in [0.1, 0.15) is 5.75 Å². The fraction of sp³-hybridized carbons (Fsp3) is 0.632. The van der Waals surface area contributed by atoms with E-state index in [2.05, 4.69) is 10.2 Å². The first-order valence-electron chi connectivity index (χ1n) is 8.97. The molecule has 1 aliphatic heterocycles. The number of methoxy groups -OCH3 is 1. The van der Waals surface area contributed by atoms with Crippen molar-refractivity contribution in [3.8, 4) is 5.75 Å². The smallest absolute Gasteiger partial charge is 0.251 e. The third kappa shape index (κ3) is 5.21. The lowest BCUT2D eigenvalue weighted by Crippen LogP contribution is -2.31. The highest BCUT2D eigenvalue weighted by atomic mass is 16.5. The van der Waals surface area contributed by atoms with Crippen LogP contribution in [0.15, 0.2) is 24.3 Å². The summed E-state index contributed by atoms with van der Waals surface area (Å²) in [5.74, 6) is 2.12. The van der Waals surface area contributed by atoms with Gasteiger partial charge in [-0.1, -0.05) is 0 Å². The van der Waals surface area contributed by atoms with Gasteiger partial charge in [-0.05, 0) is 61.9 Å². The van der Waals surface area contributed by atoms with Gasteiger partial charge in [-0.15, -0.1) is 0 Å². The summed E-state index contributed by atoms with van der Waals surface area (Å²) in [6.45, 7) is 5.42. The maximum Gasteiger partial charge on any atom is 0.251 e. The number of benzene rings is 1. The van der Waals surface area contributed by atoms with Crippen LogP contribution in [0.3, 0.4) is 0 Å². The van der Waals surface area contributed by atoms with Crippen LogP contribution >= 0.6 is 0 Å². The Kier molecular flexibility index (Phi) is 6.10. The summed E-state index contributed by atoms with van der Waals surface area (Å²) < 4.78 is 10.8. The molecular weight excluding hydrogens is 304 g/mol. The van der Waals surface area contributed by atoms with Gasteiger partial charge in [0.15, 0.2) is 0 Å². The first kappa shape index (κ1) is 17.2. The lowest BCUT2D eigenvalue weighted by molar-refractivity contribution is 0.0946. The van der Waals surface area contributed by atoms with Crippen LogP contribution in [-0.2, 0) is 4.74 Å². The van der Waals surface area contributed by atoms with E-state index in [1.165, 1.54) is 12.8 Å². The summed E-state index contributed by atoms with van der Waals surface area (Å²) in [7, 11) is 1.73. The zero-order chi connectivity index (χ0) is 16.8. The van der Waals surface area contributed by atoms with E-state index in [0.29, 0.717) is 11.5 Å². The fourth-order valence-corrected chi connectivity index (χ4v) is 3.04. The molecule has 2 aliphatic rings. The molecule has 1 aliphatic carbocycles. The van der Waals surface area contributed by atoms with Crippen molar-refractivity contribution in [3.63, 3.8) is 0 Å². The number of likely N-dealkylation sites (tertiary alicyclic amines) is 1. The molecule has 5 heteroatoms. The van der Waals surface area contributed by atoms with Gasteiger partial charge in [0.2, 0.25) is 0 Å². The van der Waals surface area contributed by atoms with Crippen LogP contribution in [0.1, 0.15) is 29.6 Å². The molecule has 1 heterocycles. The highest BCUT2D eigenvalue weighted by molar-refractivity contribution is 5.94. The van der Waals surface area contributed by atoms with E-state index in [1.54, 1.807) is 7.11 Å². The summed E-state index contributed by atoms with van der Waals surface area (Å²) in [5.41, 5.74) is 0.697. The molecule has 0 spiro atoms. The van der Waals surface area contributed by atoms with E-state index in [1.807, 2.05) is 24.3 Å². The summed E-state index contributed by atoms with van der Waals surface area (Å²) >= 11 is 0. The Labute approximate surface area is 144 Å². The van der Waals surface area contributed by atoms with E-state index < -0.39 is 0 Å². The highest BCUT2D eigenvalue weighted by Gasteiger charge is 2.23. The zero-order valence-electron chi connectivity index (χ0n) is 14.5. The normalized spacial score (nSPS) is 21.0. The van der Waals surface area contributed by atoms with Gasteiger partial charge in [-0.3, -0.25) is 4.79 Å². The molecule has 3 rings (SSSR count). The van der Waals surface area contributed by atoms with Crippen molar-refractivity contribution in [2.45, 2.75) is 19.3 Å². The Hall–Kier alpha value is -1.59. The Morgan fingerprint density at radius 2 is 2.00 bits per heavy atom. The molecule has 1 unspecified atom stereocenters. The standard InChI is InChI=1S/C19H28N2O3/c1-23-11-10-21-9-8-16(13-21)12-20-19(22)17-4-6-18(7-5-17)24-14-15-2-3-15/h4-7,15-16H,2-3,8-14H2,1H3,(H,20,22). The van der Waals surface area contributed by atoms with Gasteiger partial charge in [-0.25, -0.2) is 0 Å². The van der Waals surface area contributed by atoms with E-state index in [0.717, 1.165) is 57.5 Å². The first-order chi connectivity index (χ1) is 11.7. The average molecular weight is 332 g/mol. The molecule has 1 saturated carbocycles. The van der Waals surface area contributed by atoms with Crippen molar-refractivity contribution in [2.24, 2.45) is 11.8 Å². The monoisotopic (exact) mass is 332 g/mol. The van der Waals surface area contributed by atoms with Gasteiger partial charge < -0.3 is 19.7 Å². The second-order valence-corrected chi connectivity index (χ2v) is 6.94. The summed E-state index contributed by atoms with van der Waals surface area (Å²) in [6.07, 6.45) is 3.70. The Balaban J connectivity index is 1.38. The number of amides is 1. The van der Waals surface area contributed by atoms with Crippen molar-refractivity contribution < 1.29 is 14.3 Å². The van der Waals surface area contributed by atoms with Crippen LogP contribution < -0.4 is 10.1 Å². The van der Waals surface area contributed by atoms with Gasteiger partial charge in [-0.2, -0.15) is 0 Å². The van der Waals surface area contributed by atoms with Crippen molar-refractivity contribution in [2.75, 3.05) is 46.5 Å². The molecule has 24 heavy (non-hydrogen) atoms. The van der Waals surface area contributed by atoms with Gasteiger partial charge in [0.25, 0.3) is 5.91 Å². The fourth-order valence-electron chi connectivity index (χ4n) is 3.04. The molecule has 1 aromatic carbocycles. The number of rotatable bonds is 9. The number of carbonyl (C=O) groups is 1. The molecule has 5 nitrogen and oxygen atoms in total. The Morgan fingerprint density at radius 3 is 2.71 bits per heavy atom. The molecule has 1 saturated heterocycles. The van der Waals surface area contributed by atoms with Gasteiger partial charge in [0, 0.05) is 32.3 Å². The average Bonchev–Trinajstić information content (AvgIpc) is 3.34. The quantitative estimate of drug-likeness (QED) is 0.753. The second kappa shape index (κ2) is 8.49. The van der Waals surface area contributed by atoms with Crippen molar-refractivity contribution in [1.82, 2.24) is 10.2 Å². The Morgan fingerprint density at radius 1 is 1.21 bits per heavy atom. The number of nitrogens with one attached hydrogen (secondary N) is 1. The summed E-state index contributed by atoms with van der Waals surface area (Å²) in [6, 6.07) is 7.47.